The molecular weight excluding hydrogens is 324 g/mol. The van der Waals surface area contributed by atoms with Crippen LogP contribution >= 0.6 is 11.3 Å². The predicted molar refractivity (Wildman–Crippen MR) is 98.9 cm³/mol. The standard InChI is InChI=1S/C17H22N4O2S/c1-5-21(6-2)14-9-7-13(8-10-14)19-15(22)16(23)20-17-18-11(3)12(4)24-17/h7-10H,5-6H2,1-4H3,(H,19,22)(H,18,20,23). The topological polar surface area (TPSA) is 74.3 Å². The van der Waals surface area contributed by atoms with Gasteiger partial charge in [0.2, 0.25) is 0 Å². The van der Waals surface area contributed by atoms with Gasteiger partial charge in [-0.25, -0.2) is 4.98 Å². The molecular formula is C17H22N4O2S. The number of rotatable bonds is 5. The quantitative estimate of drug-likeness (QED) is 0.816. The van der Waals surface area contributed by atoms with Gasteiger partial charge in [-0.3, -0.25) is 14.9 Å². The predicted octanol–water partition coefficient (Wildman–Crippen LogP) is 3.18. The molecule has 7 heteroatoms. The van der Waals surface area contributed by atoms with Crippen molar-refractivity contribution >= 4 is 39.7 Å². The van der Waals surface area contributed by atoms with Crippen molar-refractivity contribution in [1.82, 2.24) is 4.98 Å². The lowest BCUT2D eigenvalue weighted by Crippen LogP contribution is -2.29. The Morgan fingerprint density at radius 2 is 1.62 bits per heavy atom. The number of aromatic nitrogens is 1. The maximum atomic E-state index is 12.0. The van der Waals surface area contributed by atoms with Crippen molar-refractivity contribution in [3.63, 3.8) is 0 Å². The molecule has 0 bridgehead atoms. The summed E-state index contributed by atoms with van der Waals surface area (Å²) in [6.45, 7) is 9.78. The van der Waals surface area contributed by atoms with Gasteiger partial charge in [0, 0.05) is 29.3 Å². The number of amides is 2. The number of nitrogens with zero attached hydrogens (tertiary/aromatic N) is 2. The summed E-state index contributed by atoms with van der Waals surface area (Å²) >= 11 is 1.35. The summed E-state index contributed by atoms with van der Waals surface area (Å²) in [4.78, 5) is 31.3. The van der Waals surface area contributed by atoms with Crippen molar-refractivity contribution in [1.29, 1.82) is 0 Å². The molecule has 128 valence electrons. The Morgan fingerprint density at radius 1 is 1.04 bits per heavy atom. The molecule has 1 aromatic heterocycles. The van der Waals surface area contributed by atoms with Crippen LogP contribution in [0.2, 0.25) is 0 Å². The molecule has 2 aromatic rings. The van der Waals surface area contributed by atoms with Crippen LogP contribution in [0, 0.1) is 13.8 Å². The van der Waals surface area contributed by atoms with Gasteiger partial charge in [-0.1, -0.05) is 0 Å². The van der Waals surface area contributed by atoms with Gasteiger partial charge in [0.05, 0.1) is 5.69 Å². The lowest BCUT2D eigenvalue weighted by molar-refractivity contribution is -0.132. The number of hydrogen-bond acceptors (Lipinski definition) is 5. The van der Waals surface area contributed by atoms with Crippen molar-refractivity contribution in [3.05, 3.63) is 34.8 Å². The van der Waals surface area contributed by atoms with Crippen molar-refractivity contribution in [2.24, 2.45) is 0 Å². The first-order valence-corrected chi connectivity index (χ1v) is 8.67. The van der Waals surface area contributed by atoms with E-state index in [-0.39, 0.29) is 0 Å². The number of hydrogen-bond donors (Lipinski definition) is 2. The zero-order chi connectivity index (χ0) is 17.7. The van der Waals surface area contributed by atoms with Gasteiger partial charge in [-0.2, -0.15) is 0 Å². The highest BCUT2D eigenvalue weighted by Gasteiger charge is 2.16. The molecule has 1 aromatic carbocycles. The zero-order valence-corrected chi connectivity index (χ0v) is 15.2. The van der Waals surface area contributed by atoms with Crippen LogP contribution in [0.3, 0.4) is 0 Å². The van der Waals surface area contributed by atoms with E-state index in [1.807, 2.05) is 26.0 Å². The van der Waals surface area contributed by atoms with Gasteiger partial charge >= 0.3 is 11.8 Å². The number of thiazole rings is 1. The minimum absolute atomic E-state index is 0.432. The number of nitrogens with one attached hydrogen (secondary N) is 2. The zero-order valence-electron chi connectivity index (χ0n) is 14.3. The Bertz CT molecular complexity index is 701. The molecule has 1 heterocycles. The third kappa shape index (κ3) is 4.32. The highest BCUT2D eigenvalue weighted by atomic mass is 32.1. The van der Waals surface area contributed by atoms with Gasteiger partial charge < -0.3 is 10.2 Å². The minimum atomic E-state index is -0.725. The van der Waals surface area contributed by atoms with Crippen LogP contribution in [0.25, 0.3) is 0 Å². The third-order valence-electron chi connectivity index (χ3n) is 3.71. The first-order valence-electron chi connectivity index (χ1n) is 7.86. The van der Waals surface area contributed by atoms with E-state index in [0.29, 0.717) is 10.8 Å². The molecule has 0 spiro atoms. The second-order valence-corrected chi connectivity index (χ2v) is 6.49. The van der Waals surface area contributed by atoms with Gasteiger partial charge in [0.15, 0.2) is 5.13 Å². The fraction of sp³-hybridized carbons (Fsp3) is 0.353. The Balaban J connectivity index is 1.97. The smallest absolute Gasteiger partial charge is 0.315 e. The van der Waals surface area contributed by atoms with E-state index in [9.17, 15) is 9.59 Å². The average molecular weight is 346 g/mol. The number of benzene rings is 1. The Hall–Kier alpha value is -2.41. The highest BCUT2D eigenvalue weighted by Crippen LogP contribution is 2.21. The maximum absolute atomic E-state index is 12.0. The second-order valence-electron chi connectivity index (χ2n) is 5.29. The number of anilines is 3. The molecule has 6 nitrogen and oxygen atoms in total. The lowest BCUT2D eigenvalue weighted by Gasteiger charge is -2.21. The van der Waals surface area contributed by atoms with Gasteiger partial charge in [-0.15, -0.1) is 11.3 Å². The molecule has 0 atom stereocenters. The summed E-state index contributed by atoms with van der Waals surface area (Å²) < 4.78 is 0. The van der Waals surface area contributed by atoms with Crippen LogP contribution in [0.5, 0.6) is 0 Å². The maximum Gasteiger partial charge on any atom is 0.315 e. The Kier molecular flexibility index (Phi) is 5.92. The minimum Gasteiger partial charge on any atom is -0.372 e. The summed E-state index contributed by atoms with van der Waals surface area (Å²) in [5.74, 6) is -1.44. The van der Waals surface area contributed by atoms with Crippen LogP contribution in [0.4, 0.5) is 16.5 Å². The molecule has 2 rings (SSSR count). The number of carbonyl (C=O) groups is 2. The fourth-order valence-corrected chi connectivity index (χ4v) is 3.02. The molecule has 0 fully saturated rings. The summed E-state index contributed by atoms with van der Waals surface area (Å²) in [7, 11) is 0. The summed E-state index contributed by atoms with van der Waals surface area (Å²) in [6.07, 6.45) is 0. The fourth-order valence-electron chi connectivity index (χ4n) is 2.21. The van der Waals surface area contributed by atoms with Gasteiger partial charge in [0.1, 0.15) is 0 Å². The molecule has 0 saturated heterocycles. The molecule has 2 amide bonds. The van der Waals surface area contributed by atoms with Gasteiger partial charge in [-0.05, 0) is 52.0 Å². The number of aryl methyl sites for hydroxylation is 2. The SMILES string of the molecule is CCN(CC)c1ccc(NC(=O)C(=O)Nc2nc(C)c(C)s2)cc1. The van der Waals surface area contributed by atoms with Crippen molar-refractivity contribution in [2.75, 3.05) is 28.6 Å². The van der Waals surface area contributed by atoms with Gasteiger partial charge in [0.25, 0.3) is 0 Å². The van der Waals surface area contributed by atoms with Crippen LogP contribution < -0.4 is 15.5 Å². The summed E-state index contributed by atoms with van der Waals surface area (Å²) in [5, 5.41) is 5.54. The first-order chi connectivity index (χ1) is 11.4. The molecule has 0 unspecified atom stereocenters. The highest BCUT2D eigenvalue weighted by molar-refractivity contribution is 7.15. The Labute approximate surface area is 145 Å². The average Bonchev–Trinajstić information content (AvgIpc) is 2.87. The molecule has 2 N–H and O–H groups in total. The molecule has 24 heavy (non-hydrogen) atoms. The summed E-state index contributed by atoms with van der Waals surface area (Å²) in [6, 6.07) is 7.43. The van der Waals surface area contributed by atoms with E-state index in [2.05, 4.69) is 34.4 Å². The molecule has 0 aliphatic carbocycles. The third-order valence-corrected chi connectivity index (χ3v) is 4.70. The van der Waals surface area contributed by atoms with E-state index in [1.54, 1.807) is 12.1 Å². The lowest BCUT2D eigenvalue weighted by atomic mass is 10.2. The number of carbonyl (C=O) groups excluding carboxylic acids is 2. The van der Waals surface area contributed by atoms with Crippen LogP contribution in [-0.4, -0.2) is 29.9 Å². The van der Waals surface area contributed by atoms with Crippen LogP contribution in [0.15, 0.2) is 24.3 Å². The Morgan fingerprint density at radius 3 is 2.12 bits per heavy atom. The molecule has 0 aliphatic heterocycles. The summed E-state index contributed by atoms with van der Waals surface area (Å²) in [5.41, 5.74) is 2.51. The van der Waals surface area contributed by atoms with E-state index >= 15 is 0 Å². The molecule has 0 aliphatic rings. The van der Waals surface area contributed by atoms with E-state index in [1.165, 1.54) is 11.3 Å². The first kappa shape index (κ1) is 17.9. The molecule has 0 saturated carbocycles. The second kappa shape index (κ2) is 7.92. The van der Waals surface area contributed by atoms with Crippen LogP contribution in [-0.2, 0) is 9.59 Å². The largest absolute Gasteiger partial charge is 0.372 e. The van der Waals surface area contributed by atoms with E-state index < -0.39 is 11.8 Å². The molecule has 0 radical (unpaired) electrons. The monoisotopic (exact) mass is 346 g/mol. The normalized spacial score (nSPS) is 10.3. The van der Waals surface area contributed by atoms with Crippen LogP contribution in [0.1, 0.15) is 24.4 Å². The van der Waals surface area contributed by atoms with E-state index in [0.717, 1.165) is 29.3 Å². The van der Waals surface area contributed by atoms with Crippen molar-refractivity contribution in [3.8, 4) is 0 Å². The van der Waals surface area contributed by atoms with E-state index in [4.69, 9.17) is 0 Å². The van der Waals surface area contributed by atoms with Crippen molar-refractivity contribution in [2.45, 2.75) is 27.7 Å². The van der Waals surface area contributed by atoms with Crippen molar-refractivity contribution < 1.29 is 9.59 Å².